The molecule has 1 N–H and O–H groups in total. The first-order valence-electron chi connectivity index (χ1n) is 10.5. The van der Waals surface area contributed by atoms with Gasteiger partial charge in [-0.25, -0.2) is 4.68 Å². The SMILES string of the molecule is Cn1cc(-c2cc3n(n2)CCC(=O)N3CC(=O)NC[C@@H]2COCCO2)c2ccccc21. The molecule has 0 saturated carbocycles. The van der Waals surface area contributed by atoms with Crippen molar-refractivity contribution in [2.45, 2.75) is 19.1 Å². The lowest BCUT2D eigenvalue weighted by molar-refractivity contribution is -0.126. The summed E-state index contributed by atoms with van der Waals surface area (Å²) in [6.07, 6.45) is 2.21. The van der Waals surface area contributed by atoms with E-state index in [-0.39, 0.29) is 24.5 Å². The molecule has 0 spiro atoms. The predicted molar refractivity (Wildman–Crippen MR) is 115 cm³/mol. The number of carbonyl (C=O) groups excluding carboxylic acids is 2. The molecule has 2 aliphatic heterocycles. The first-order valence-corrected chi connectivity index (χ1v) is 10.5. The van der Waals surface area contributed by atoms with E-state index in [0.717, 1.165) is 22.2 Å². The number of hydrogen-bond donors (Lipinski definition) is 1. The van der Waals surface area contributed by atoms with Crippen LogP contribution in [0.3, 0.4) is 0 Å². The van der Waals surface area contributed by atoms with Crippen molar-refractivity contribution >= 4 is 28.5 Å². The second-order valence-corrected chi connectivity index (χ2v) is 7.88. The Balaban J connectivity index is 1.36. The van der Waals surface area contributed by atoms with Crippen LogP contribution >= 0.6 is 0 Å². The normalized spacial score (nSPS) is 18.9. The van der Waals surface area contributed by atoms with Gasteiger partial charge < -0.3 is 19.4 Å². The quantitative estimate of drug-likeness (QED) is 0.668. The number of nitrogens with one attached hydrogen (secondary N) is 1. The number of amides is 2. The predicted octanol–water partition coefficient (Wildman–Crippen LogP) is 1.31. The summed E-state index contributed by atoms with van der Waals surface area (Å²) in [4.78, 5) is 26.7. The highest BCUT2D eigenvalue weighted by Crippen LogP contribution is 2.33. The summed E-state index contributed by atoms with van der Waals surface area (Å²) in [6, 6.07) is 10.0. The number of rotatable bonds is 5. The van der Waals surface area contributed by atoms with Crippen LogP contribution in [0.5, 0.6) is 0 Å². The molecule has 1 saturated heterocycles. The monoisotopic (exact) mass is 423 g/mol. The van der Waals surface area contributed by atoms with Crippen molar-refractivity contribution in [3.05, 3.63) is 36.5 Å². The molecule has 1 fully saturated rings. The van der Waals surface area contributed by atoms with E-state index in [0.29, 0.717) is 45.1 Å². The lowest BCUT2D eigenvalue weighted by Crippen LogP contribution is -2.47. The van der Waals surface area contributed by atoms with Crippen LogP contribution in [0.4, 0.5) is 5.82 Å². The van der Waals surface area contributed by atoms with Crippen LogP contribution < -0.4 is 10.2 Å². The van der Waals surface area contributed by atoms with Gasteiger partial charge >= 0.3 is 0 Å². The Hall–Kier alpha value is -3.17. The Labute approximate surface area is 179 Å². The molecular weight excluding hydrogens is 398 g/mol. The molecule has 3 aromatic rings. The highest BCUT2D eigenvalue weighted by Gasteiger charge is 2.29. The van der Waals surface area contributed by atoms with Crippen LogP contribution in [-0.2, 0) is 32.7 Å². The number of aromatic nitrogens is 3. The van der Waals surface area contributed by atoms with Crippen LogP contribution in [0.15, 0.2) is 36.5 Å². The molecule has 1 atom stereocenters. The van der Waals surface area contributed by atoms with Gasteiger partial charge in [0.15, 0.2) is 0 Å². The molecule has 31 heavy (non-hydrogen) atoms. The summed E-state index contributed by atoms with van der Waals surface area (Å²) in [5.74, 6) is 0.333. The zero-order chi connectivity index (χ0) is 21.4. The van der Waals surface area contributed by atoms with E-state index in [1.54, 1.807) is 0 Å². The van der Waals surface area contributed by atoms with Gasteiger partial charge in [0, 0.05) is 48.7 Å². The lowest BCUT2D eigenvalue weighted by Gasteiger charge is -2.27. The van der Waals surface area contributed by atoms with Crippen LogP contribution in [-0.4, -0.2) is 65.2 Å². The number of para-hydroxylation sites is 1. The third-order valence-electron chi connectivity index (χ3n) is 5.76. The molecule has 0 bridgehead atoms. The molecule has 162 valence electrons. The highest BCUT2D eigenvalue weighted by atomic mass is 16.6. The van der Waals surface area contributed by atoms with E-state index >= 15 is 0 Å². The number of carbonyl (C=O) groups is 2. The van der Waals surface area contributed by atoms with Crippen LogP contribution in [0.1, 0.15) is 6.42 Å². The molecule has 9 heteroatoms. The van der Waals surface area contributed by atoms with E-state index in [1.807, 2.05) is 36.1 Å². The average molecular weight is 423 g/mol. The molecule has 0 aliphatic carbocycles. The maximum absolute atomic E-state index is 12.6. The first kappa shape index (κ1) is 19.8. The molecule has 0 unspecified atom stereocenters. The minimum atomic E-state index is -0.233. The molecule has 5 rings (SSSR count). The first-order chi connectivity index (χ1) is 15.1. The van der Waals surface area contributed by atoms with Gasteiger partial charge in [0.05, 0.1) is 38.2 Å². The van der Waals surface area contributed by atoms with Crippen molar-refractivity contribution in [3.8, 4) is 11.3 Å². The molecule has 9 nitrogen and oxygen atoms in total. The Morgan fingerprint density at radius 2 is 2.16 bits per heavy atom. The smallest absolute Gasteiger partial charge is 0.240 e. The number of benzene rings is 1. The van der Waals surface area contributed by atoms with Crippen molar-refractivity contribution in [2.24, 2.45) is 7.05 Å². The minimum absolute atomic E-state index is 0.0485. The fourth-order valence-electron chi connectivity index (χ4n) is 4.18. The largest absolute Gasteiger partial charge is 0.376 e. The van der Waals surface area contributed by atoms with E-state index in [4.69, 9.17) is 14.6 Å². The van der Waals surface area contributed by atoms with Crippen molar-refractivity contribution < 1.29 is 19.1 Å². The van der Waals surface area contributed by atoms with Crippen molar-refractivity contribution in [1.82, 2.24) is 19.7 Å². The Morgan fingerprint density at radius 1 is 1.29 bits per heavy atom. The summed E-state index contributed by atoms with van der Waals surface area (Å²) >= 11 is 0. The number of ether oxygens (including phenoxy) is 2. The van der Waals surface area contributed by atoms with Gasteiger partial charge in [-0.3, -0.25) is 14.5 Å². The maximum atomic E-state index is 12.6. The fourth-order valence-corrected chi connectivity index (χ4v) is 4.18. The zero-order valence-electron chi connectivity index (χ0n) is 17.4. The summed E-state index contributed by atoms with van der Waals surface area (Å²) in [7, 11) is 2.00. The van der Waals surface area contributed by atoms with Gasteiger partial charge in [-0.1, -0.05) is 18.2 Å². The van der Waals surface area contributed by atoms with Crippen LogP contribution in [0.2, 0.25) is 0 Å². The van der Waals surface area contributed by atoms with Gasteiger partial charge in [-0.2, -0.15) is 5.10 Å². The second-order valence-electron chi connectivity index (χ2n) is 7.88. The Bertz CT molecular complexity index is 1130. The van der Waals surface area contributed by atoms with Crippen molar-refractivity contribution in [3.63, 3.8) is 0 Å². The minimum Gasteiger partial charge on any atom is -0.376 e. The van der Waals surface area contributed by atoms with Gasteiger partial charge in [-0.15, -0.1) is 0 Å². The van der Waals surface area contributed by atoms with Gasteiger partial charge in [0.25, 0.3) is 0 Å². The standard InChI is InChI=1S/C22H25N5O4/c1-25-12-17(16-4-2-3-5-19(16)25)18-10-21-26(22(29)6-7-27(21)24-18)13-20(28)23-11-15-14-30-8-9-31-15/h2-5,10,12,15H,6-9,11,13-14H2,1H3,(H,23,28)/t15-/m1/s1. The number of nitrogens with zero attached hydrogens (tertiary/aromatic N) is 4. The molecule has 1 aromatic carbocycles. The Morgan fingerprint density at radius 3 is 3.00 bits per heavy atom. The molecule has 4 heterocycles. The Kier molecular flexibility index (Phi) is 5.21. The number of hydrogen-bond acceptors (Lipinski definition) is 5. The highest BCUT2D eigenvalue weighted by molar-refractivity contribution is 6.00. The third-order valence-corrected chi connectivity index (χ3v) is 5.76. The number of anilines is 1. The third kappa shape index (κ3) is 3.82. The van der Waals surface area contributed by atoms with Gasteiger partial charge in [0.2, 0.25) is 11.8 Å². The summed E-state index contributed by atoms with van der Waals surface area (Å²) in [6.45, 7) is 2.39. The summed E-state index contributed by atoms with van der Waals surface area (Å²) in [5, 5.41) is 8.69. The molecular formula is C22H25N5O4. The van der Waals surface area contributed by atoms with Gasteiger partial charge in [-0.05, 0) is 6.07 Å². The second kappa shape index (κ2) is 8.16. The topological polar surface area (TPSA) is 90.6 Å². The number of fused-ring (bicyclic) bond motifs is 2. The van der Waals surface area contributed by atoms with E-state index in [9.17, 15) is 9.59 Å². The van der Waals surface area contributed by atoms with E-state index in [1.165, 1.54) is 4.90 Å². The van der Waals surface area contributed by atoms with E-state index in [2.05, 4.69) is 22.0 Å². The van der Waals surface area contributed by atoms with E-state index < -0.39 is 0 Å². The molecule has 2 aromatic heterocycles. The van der Waals surface area contributed by atoms with Crippen molar-refractivity contribution in [1.29, 1.82) is 0 Å². The van der Waals surface area contributed by atoms with Crippen molar-refractivity contribution in [2.75, 3.05) is 37.8 Å². The van der Waals surface area contributed by atoms with Crippen LogP contribution in [0.25, 0.3) is 22.2 Å². The summed E-state index contributed by atoms with van der Waals surface area (Å²) in [5.41, 5.74) is 2.91. The fraction of sp³-hybridized carbons (Fsp3) is 0.409. The summed E-state index contributed by atoms with van der Waals surface area (Å²) < 4.78 is 14.8. The lowest BCUT2D eigenvalue weighted by atomic mass is 10.1. The van der Waals surface area contributed by atoms with Gasteiger partial charge in [0.1, 0.15) is 12.4 Å². The molecule has 2 amide bonds. The average Bonchev–Trinajstić information content (AvgIpc) is 3.37. The van der Waals surface area contributed by atoms with Crippen LogP contribution in [0, 0.1) is 0 Å². The molecule has 0 radical (unpaired) electrons. The number of aryl methyl sites for hydroxylation is 2. The molecule has 2 aliphatic rings. The zero-order valence-corrected chi connectivity index (χ0v) is 17.4. The maximum Gasteiger partial charge on any atom is 0.240 e.